The summed E-state index contributed by atoms with van der Waals surface area (Å²) in [6.45, 7) is 9.35. The zero-order valence-corrected chi connectivity index (χ0v) is 12.9. The van der Waals surface area contributed by atoms with E-state index in [9.17, 15) is 0 Å². The third kappa shape index (κ3) is 4.15. The van der Waals surface area contributed by atoms with Gasteiger partial charge in [-0.25, -0.2) is 9.97 Å². The van der Waals surface area contributed by atoms with Crippen LogP contribution in [0.5, 0.6) is 0 Å². The van der Waals surface area contributed by atoms with Crippen molar-refractivity contribution in [2.24, 2.45) is 0 Å². The second kappa shape index (κ2) is 5.47. The lowest BCUT2D eigenvalue weighted by Gasteiger charge is -2.19. The molecule has 2 aromatic heterocycles. The summed E-state index contributed by atoms with van der Waals surface area (Å²) < 4.78 is 0. The third-order valence-corrected chi connectivity index (χ3v) is 4.23. The summed E-state index contributed by atoms with van der Waals surface area (Å²) in [5, 5.41) is 9.97. The van der Waals surface area contributed by atoms with Crippen molar-refractivity contribution in [3.63, 3.8) is 0 Å². The highest BCUT2D eigenvalue weighted by Gasteiger charge is 2.10. The molecular weight excluding hydrogens is 262 g/mol. The van der Waals surface area contributed by atoms with Gasteiger partial charge in [0.1, 0.15) is 0 Å². The van der Waals surface area contributed by atoms with Crippen LogP contribution < -0.4 is 5.32 Å². The molecule has 0 atom stereocenters. The Balaban J connectivity index is 1.94. The summed E-state index contributed by atoms with van der Waals surface area (Å²) >= 11 is 3.43. The number of aromatic nitrogens is 2. The Kier molecular flexibility index (Phi) is 4.14. The van der Waals surface area contributed by atoms with E-state index in [0.29, 0.717) is 0 Å². The lowest BCUT2D eigenvalue weighted by molar-refractivity contribution is 0.421. The van der Waals surface area contributed by atoms with Gasteiger partial charge in [0.2, 0.25) is 0 Å². The van der Waals surface area contributed by atoms with Gasteiger partial charge in [-0.2, -0.15) is 0 Å². The van der Waals surface area contributed by atoms with E-state index in [1.54, 1.807) is 22.7 Å². The molecule has 0 radical (unpaired) electrons. The molecule has 0 spiro atoms. The van der Waals surface area contributed by atoms with Gasteiger partial charge in [0.15, 0.2) is 0 Å². The van der Waals surface area contributed by atoms with E-state index >= 15 is 0 Å². The Labute approximate surface area is 116 Å². The second-order valence-corrected chi connectivity index (χ2v) is 7.28. The van der Waals surface area contributed by atoms with Crippen LogP contribution in [-0.4, -0.2) is 15.5 Å². The van der Waals surface area contributed by atoms with E-state index in [1.165, 1.54) is 0 Å². The van der Waals surface area contributed by atoms with Gasteiger partial charge in [0.25, 0.3) is 0 Å². The summed E-state index contributed by atoms with van der Waals surface area (Å²) in [5.41, 5.74) is 2.36. The fraction of sp³-hybridized carbons (Fsp3) is 0.538. The number of rotatable bonds is 4. The lowest BCUT2D eigenvalue weighted by Crippen LogP contribution is -2.35. The van der Waals surface area contributed by atoms with Crippen molar-refractivity contribution in [1.29, 1.82) is 0 Å². The second-order valence-electron chi connectivity index (χ2n) is 5.40. The Morgan fingerprint density at radius 2 is 1.78 bits per heavy atom. The first kappa shape index (κ1) is 13.6. The van der Waals surface area contributed by atoms with Crippen LogP contribution in [0.15, 0.2) is 10.8 Å². The van der Waals surface area contributed by atoms with Crippen LogP contribution >= 0.6 is 22.7 Å². The molecule has 2 aromatic rings. The molecule has 0 unspecified atom stereocenters. The molecule has 18 heavy (non-hydrogen) atoms. The van der Waals surface area contributed by atoms with E-state index in [2.05, 4.69) is 46.8 Å². The first-order chi connectivity index (χ1) is 8.42. The summed E-state index contributed by atoms with van der Waals surface area (Å²) in [4.78, 5) is 9.11. The van der Waals surface area contributed by atoms with Gasteiger partial charge in [-0.15, -0.1) is 22.7 Å². The minimum atomic E-state index is 0.135. The minimum Gasteiger partial charge on any atom is -0.306 e. The molecule has 3 nitrogen and oxygen atoms in total. The molecule has 0 aliphatic rings. The Hall–Kier alpha value is -0.780. The van der Waals surface area contributed by atoms with E-state index < -0.39 is 0 Å². The minimum absolute atomic E-state index is 0.135. The summed E-state index contributed by atoms with van der Waals surface area (Å²) in [7, 11) is 0. The van der Waals surface area contributed by atoms with Crippen molar-refractivity contribution in [2.75, 3.05) is 0 Å². The highest BCUT2D eigenvalue weighted by Crippen LogP contribution is 2.18. The molecule has 0 saturated carbocycles. The van der Waals surface area contributed by atoms with E-state index in [0.717, 1.165) is 34.4 Å². The first-order valence-electron chi connectivity index (χ1n) is 6.02. The standard InChI is InChI=1S/C13H19N3S2/c1-9-7-17-11(15-9)5-12-16-10(8-18-12)6-14-13(2,3)4/h7-8,14H,5-6H2,1-4H3. The molecule has 0 saturated heterocycles. The van der Waals surface area contributed by atoms with Crippen LogP contribution in [0.2, 0.25) is 0 Å². The first-order valence-corrected chi connectivity index (χ1v) is 7.77. The van der Waals surface area contributed by atoms with Crippen LogP contribution in [0.25, 0.3) is 0 Å². The Bertz CT molecular complexity index is 508. The zero-order chi connectivity index (χ0) is 13.2. The van der Waals surface area contributed by atoms with Gasteiger partial charge >= 0.3 is 0 Å². The van der Waals surface area contributed by atoms with Gasteiger partial charge < -0.3 is 5.32 Å². The topological polar surface area (TPSA) is 37.8 Å². The van der Waals surface area contributed by atoms with E-state index in [-0.39, 0.29) is 5.54 Å². The van der Waals surface area contributed by atoms with Gasteiger partial charge in [-0.1, -0.05) is 0 Å². The summed E-state index contributed by atoms with van der Waals surface area (Å²) in [6.07, 6.45) is 0.860. The normalized spacial score (nSPS) is 12.0. The molecule has 0 fully saturated rings. The highest BCUT2D eigenvalue weighted by molar-refractivity contribution is 7.11. The fourth-order valence-corrected chi connectivity index (χ4v) is 3.15. The van der Waals surface area contributed by atoms with Crippen LogP contribution in [0, 0.1) is 6.92 Å². The lowest BCUT2D eigenvalue weighted by atomic mass is 10.1. The fourth-order valence-electron chi connectivity index (χ4n) is 1.48. The summed E-state index contributed by atoms with van der Waals surface area (Å²) in [5.74, 6) is 0. The predicted molar refractivity (Wildman–Crippen MR) is 78.4 cm³/mol. The number of hydrogen-bond donors (Lipinski definition) is 1. The van der Waals surface area contributed by atoms with Crippen LogP contribution in [-0.2, 0) is 13.0 Å². The number of aryl methyl sites for hydroxylation is 1. The maximum Gasteiger partial charge on any atom is 0.0997 e. The smallest absolute Gasteiger partial charge is 0.0997 e. The SMILES string of the molecule is Cc1csc(Cc2nc(CNC(C)(C)C)cs2)n1. The van der Waals surface area contributed by atoms with Gasteiger partial charge in [0.05, 0.1) is 22.1 Å². The maximum atomic E-state index is 4.64. The summed E-state index contributed by atoms with van der Waals surface area (Å²) in [6, 6.07) is 0. The number of nitrogens with one attached hydrogen (secondary N) is 1. The average Bonchev–Trinajstić information content (AvgIpc) is 2.85. The van der Waals surface area contributed by atoms with Crippen molar-refractivity contribution in [2.45, 2.75) is 46.2 Å². The van der Waals surface area contributed by atoms with Crippen molar-refractivity contribution in [3.8, 4) is 0 Å². The molecule has 0 aliphatic carbocycles. The van der Waals surface area contributed by atoms with E-state index in [1.807, 2.05) is 6.92 Å². The van der Waals surface area contributed by atoms with Gasteiger partial charge in [-0.3, -0.25) is 0 Å². The molecule has 98 valence electrons. The molecule has 0 amide bonds. The molecule has 0 aromatic carbocycles. The predicted octanol–water partition coefficient (Wildman–Crippen LogP) is 3.39. The van der Waals surface area contributed by atoms with Gasteiger partial charge in [0, 0.05) is 28.5 Å². The monoisotopic (exact) mass is 281 g/mol. The molecule has 2 rings (SSSR count). The maximum absolute atomic E-state index is 4.64. The molecule has 2 heterocycles. The van der Waals surface area contributed by atoms with Crippen LogP contribution in [0.3, 0.4) is 0 Å². The van der Waals surface area contributed by atoms with Crippen molar-refractivity contribution in [3.05, 3.63) is 32.2 Å². The number of nitrogens with zero attached hydrogens (tertiary/aromatic N) is 2. The van der Waals surface area contributed by atoms with Crippen molar-refractivity contribution in [1.82, 2.24) is 15.3 Å². The van der Waals surface area contributed by atoms with Crippen LogP contribution in [0.4, 0.5) is 0 Å². The molecular formula is C13H19N3S2. The Morgan fingerprint density at radius 1 is 1.11 bits per heavy atom. The van der Waals surface area contributed by atoms with Crippen molar-refractivity contribution >= 4 is 22.7 Å². The molecule has 1 N–H and O–H groups in total. The third-order valence-electron chi connectivity index (χ3n) is 2.37. The number of thiazole rings is 2. The molecule has 0 bridgehead atoms. The highest BCUT2D eigenvalue weighted by atomic mass is 32.1. The van der Waals surface area contributed by atoms with Crippen molar-refractivity contribution < 1.29 is 0 Å². The zero-order valence-electron chi connectivity index (χ0n) is 11.3. The quantitative estimate of drug-likeness (QED) is 0.933. The number of hydrogen-bond acceptors (Lipinski definition) is 5. The Morgan fingerprint density at radius 3 is 2.39 bits per heavy atom. The molecule has 5 heteroatoms. The van der Waals surface area contributed by atoms with E-state index in [4.69, 9.17) is 0 Å². The average molecular weight is 281 g/mol. The largest absolute Gasteiger partial charge is 0.306 e. The molecule has 0 aliphatic heterocycles. The van der Waals surface area contributed by atoms with Crippen LogP contribution in [0.1, 0.15) is 42.2 Å². The van der Waals surface area contributed by atoms with Gasteiger partial charge in [-0.05, 0) is 27.7 Å².